The van der Waals surface area contributed by atoms with Crippen LogP contribution in [-0.4, -0.2) is 39.8 Å². The summed E-state index contributed by atoms with van der Waals surface area (Å²) in [5, 5.41) is 11.1. The largest absolute Gasteiger partial charge is 0.497 e. The molecule has 0 fully saturated rings. The van der Waals surface area contributed by atoms with Crippen molar-refractivity contribution in [1.82, 2.24) is 4.72 Å². The molecule has 7 nitrogen and oxygen atoms in total. The van der Waals surface area contributed by atoms with Gasteiger partial charge in [0.2, 0.25) is 10.0 Å². The van der Waals surface area contributed by atoms with E-state index in [1.807, 2.05) is 6.92 Å². The predicted octanol–water partition coefficient (Wildman–Crippen LogP) is 3.45. The van der Waals surface area contributed by atoms with Gasteiger partial charge in [0, 0.05) is 6.04 Å². The highest BCUT2D eigenvalue weighted by molar-refractivity contribution is 7.89. The zero-order valence-corrected chi connectivity index (χ0v) is 20.5. The van der Waals surface area contributed by atoms with Gasteiger partial charge < -0.3 is 14.6 Å². The zero-order valence-electron chi connectivity index (χ0n) is 19.7. The molecule has 0 aliphatic heterocycles. The lowest BCUT2D eigenvalue weighted by Gasteiger charge is -2.32. The number of hydrogen-bond acceptors (Lipinski definition) is 6. The number of rotatable bonds is 9. The van der Waals surface area contributed by atoms with E-state index in [-0.39, 0.29) is 10.8 Å². The number of ether oxygens (including phenoxy) is 2. The fraction of sp³-hybridized carbons (Fsp3) is 0.458. The van der Waals surface area contributed by atoms with Gasteiger partial charge >= 0.3 is 5.97 Å². The number of sulfonamides is 1. The number of methoxy groups -OCH3 is 2. The number of benzene rings is 2. The van der Waals surface area contributed by atoms with Crippen LogP contribution in [0.4, 0.5) is 0 Å². The molecule has 0 heterocycles. The Morgan fingerprint density at radius 2 is 1.53 bits per heavy atom. The van der Waals surface area contributed by atoms with Gasteiger partial charge in [-0.2, -0.15) is 0 Å². The molecule has 0 unspecified atom stereocenters. The summed E-state index contributed by atoms with van der Waals surface area (Å²) in [6, 6.07) is 9.30. The summed E-state index contributed by atoms with van der Waals surface area (Å²) in [5.41, 5.74) is 2.64. The second-order valence-corrected chi connectivity index (χ2v) is 10.0. The van der Waals surface area contributed by atoms with E-state index < -0.39 is 34.1 Å². The Bertz CT molecular complexity index is 1020. The van der Waals surface area contributed by atoms with Gasteiger partial charge in [0.25, 0.3) is 0 Å². The van der Waals surface area contributed by atoms with Crippen molar-refractivity contribution < 1.29 is 27.8 Å². The van der Waals surface area contributed by atoms with Crippen LogP contribution in [0, 0.1) is 32.6 Å². The van der Waals surface area contributed by atoms with Gasteiger partial charge in [0.1, 0.15) is 11.7 Å². The molecule has 0 amide bonds. The fourth-order valence-corrected chi connectivity index (χ4v) is 5.93. The molecule has 2 aromatic carbocycles. The number of aryl methyl sites for hydroxylation is 3. The van der Waals surface area contributed by atoms with Crippen LogP contribution in [0.1, 0.15) is 42.2 Å². The van der Waals surface area contributed by atoms with Crippen molar-refractivity contribution in [2.45, 2.75) is 51.7 Å². The minimum absolute atomic E-state index is 0.177. The molecule has 2 rings (SSSR count). The third-order valence-corrected chi connectivity index (χ3v) is 7.30. The van der Waals surface area contributed by atoms with Gasteiger partial charge in [-0.25, -0.2) is 13.1 Å². The average molecular weight is 464 g/mol. The van der Waals surface area contributed by atoms with Crippen LogP contribution in [0.5, 0.6) is 5.75 Å². The lowest BCUT2D eigenvalue weighted by atomic mass is 9.84. The Balaban J connectivity index is 2.50. The van der Waals surface area contributed by atoms with E-state index >= 15 is 0 Å². The molecule has 0 aromatic heterocycles. The number of nitrogens with one attached hydrogen (secondary N) is 1. The minimum Gasteiger partial charge on any atom is -0.497 e. The lowest BCUT2D eigenvalue weighted by Crippen LogP contribution is -2.49. The summed E-state index contributed by atoms with van der Waals surface area (Å²) < 4.78 is 39.6. The van der Waals surface area contributed by atoms with Crippen molar-refractivity contribution in [3.8, 4) is 5.75 Å². The Morgan fingerprint density at radius 3 is 1.97 bits per heavy atom. The van der Waals surface area contributed by atoms with Crippen LogP contribution in [-0.2, 0) is 19.6 Å². The first-order valence-electron chi connectivity index (χ1n) is 10.4. The number of aliphatic hydroxyl groups excluding tert-OH is 1. The van der Waals surface area contributed by atoms with Crippen LogP contribution in [0.15, 0.2) is 41.3 Å². The van der Waals surface area contributed by atoms with Crippen LogP contribution in [0.2, 0.25) is 0 Å². The second kappa shape index (κ2) is 10.5. The molecule has 3 atom stereocenters. The summed E-state index contributed by atoms with van der Waals surface area (Å²) in [6.45, 7) is 8.96. The lowest BCUT2D eigenvalue weighted by molar-refractivity contribution is -0.151. The van der Waals surface area contributed by atoms with Gasteiger partial charge in [-0.1, -0.05) is 43.7 Å². The maximum absolute atomic E-state index is 13.4. The second-order valence-electron chi connectivity index (χ2n) is 8.39. The first-order chi connectivity index (χ1) is 14.9. The molecule has 0 aliphatic carbocycles. The highest BCUT2D eigenvalue weighted by Crippen LogP contribution is 2.32. The Labute approximate surface area is 190 Å². The highest BCUT2D eigenvalue weighted by atomic mass is 32.2. The van der Waals surface area contributed by atoms with Crippen molar-refractivity contribution in [3.63, 3.8) is 0 Å². The molecule has 0 aliphatic rings. The van der Waals surface area contributed by atoms with E-state index in [0.29, 0.717) is 22.4 Å². The molecular weight excluding hydrogens is 430 g/mol. The van der Waals surface area contributed by atoms with E-state index in [1.165, 1.54) is 14.2 Å². The van der Waals surface area contributed by atoms with Gasteiger partial charge in [0.05, 0.1) is 25.2 Å². The molecule has 8 heteroatoms. The monoisotopic (exact) mass is 463 g/mol. The number of esters is 1. The molecule has 0 saturated carbocycles. The van der Waals surface area contributed by atoms with Crippen LogP contribution < -0.4 is 9.46 Å². The van der Waals surface area contributed by atoms with Gasteiger partial charge in [-0.05, 0) is 55.5 Å². The number of carbonyl (C=O) groups excluding carboxylic acids is 1. The Hall–Kier alpha value is -2.42. The van der Waals surface area contributed by atoms with Gasteiger partial charge in [-0.15, -0.1) is 0 Å². The average Bonchev–Trinajstić information content (AvgIpc) is 2.71. The normalized spacial score (nSPS) is 14.7. The van der Waals surface area contributed by atoms with Gasteiger partial charge in [-0.3, -0.25) is 4.79 Å². The molecule has 0 saturated heterocycles. The predicted molar refractivity (Wildman–Crippen MR) is 123 cm³/mol. The molecule has 32 heavy (non-hydrogen) atoms. The first kappa shape index (κ1) is 25.8. The zero-order chi connectivity index (χ0) is 24.2. The topological polar surface area (TPSA) is 102 Å². The number of aliphatic hydroxyl groups is 1. The summed E-state index contributed by atoms with van der Waals surface area (Å²) in [4.78, 5) is 12.9. The first-order valence-corrected chi connectivity index (χ1v) is 11.9. The number of carbonyl (C=O) groups is 1. The van der Waals surface area contributed by atoms with Gasteiger partial charge in [0.15, 0.2) is 0 Å². The fourth-order valence-electron chi connectivity index (χ4n) is 4.07. The highest BCUT2D eigenvalue weighted by Gasteiger charge is 2.40. The standard InChI is InChI=1S/C24H33NO6S/c1-14(2)21(25-32(28,29)23-16(4)12-15(3)13-17(23)5)20(24(27)31-7)22(26)18-8-10-19(30-6)11-9-18/h8-14,20-22,25-26H,1-7H3/t20-,21+,22-/m1/s1. The third kappa shape index (κ3) is 5.68. The SMILES string of the molecule is COC(=O)[C@@H]([C@H](O)c1ccc(OC)cc1)[C@@H](NS(=O)(=O)c1c(C)cc(C)cc1C)C(C)C. The quantitative estimate of drug-likeness (QED) is 0.553. The van der Waals surface area contributed by atoms with E-state index in [9.17, 15) is 18.3 Å². The van der Waals surface area contributed by atoms with E-state index in [2.05, 4.69) is 4.72 Å². The Morgan fingerprint density at radius 1 is 1.00 bits per heavy atom. The van der Waals surface area contributed by atoms with E-state index in [4.69, 9.17) is 9.47 Å². The van der Waals surface area contributed by atoms with E-state index in [0.717, 1.165) is 5.56 Å². The third-order valence-electron chi connectivity index (χ3n) is 5.54. The van der Waals surface area contributed by atoms with Crippen molar-refractivity contribution in [2.75, 3.05) is 14.2 Å². The molecule has 2 N–H and O–H groups in total. The number of hydrogen-bond donors (Lipinski definition) is 2. The van der Waals surface area contributed by atoms with Crippen LogP contribution in [0.25, 0.3) is 0 Å². The Kier molecular flexibility index (Phi) is 8.45. The summed E-state index contributed by atoms with van der Waals surface area (Å²) in [7, 11) is -1.24. The summed E-state index contributed by atoms with van der Waals surface area (Å²) in [5.74, 6) is -1.57. The van der Waals surface area contributed by atoms with E-state index in [1.54, 1.807) is 64.1 Å². The van der Waals surface area contributed by atoms with Crippen molar-refractivity contribution in [3.05, 3.63) is 58.7 Å². The van der Waals surface area contributed by atoms with Crippen LogP contribution >= 0.6 is 0 Å². The maximum atomic E-state index is 13.4. The minimum atomic E-state index is -3.98. The van der Waals surface area contributed by atoms with Crippen molar-refractivity contribution in [1.29, 1.82) is 0 Å². The molecule has 2 aromatic rings. The van der Waals surface area contributed by atoms with Crippen LogP contribution in [0.3, 0.4) is 0 Å². The maximum Gasteiger partial charge on any atom is 0.313 e. The smallest absolute Gasteiger partial charge is 0.313 e. The molecule has 176 valence electrons. The summed E-state index contributed by atoms with van der Waals surface area (Å²) in [6.07, 6.45) is -1.29. The molecule has 0 bridgehead atoms. The molecule has 0 radical (unpaired) electrons. The van der Waals surface area contributed by atoms with Crippen molar-refractivity contribution in [2.24, 2.45) is 11.8 Å². The molecular formula is C24H33NO6S. The molecule has 0 spiro atoms. The summed E-state index contributed by atoms with van der Waals surface area (Å²) >= 11 is 0. The van der Waals surface area contributed by atoms with Crippen molar-refractivity contribution >= 4 is 16.0 Å².